The van der Waals surface area contributed by atoms with Crippen molar-refractivity contribution in [2.24, 2.45) is 0 Å². The molecular weight excluding hydrogens is 326 g/mol. The average Bonchev–Trinajstić information content (AvgIpc) is 2.55. The largest absolute Gasteiger partial charge is 0.323 e. The number of fused-ring (bicyclic) bond motifs is 1. The van der Waals surface area contributed by atoms with Crippen molar-refractivity contribution in [1.82, 2.24) is 9.55 Å². The summed E-state index contributed by atoms with van der Waals surface area (Å²) < 4.78 is 1.36. The number of hydrogen-bond donors (Lipinski definition) is 1. The number of amides is 1. The van der Waals surface area contributed by atoms with E-state index in [0.717, 1.165) is 5.56 Å². The zero-order valence-corrected chi connectivity index (χ0v) is 14.1. The minimum absolute atomic E-state index is 0.118. The third kappa shape index (κ3) is 3.03. The predicted octanol–water partition coefficient (Wildman–Crippen LogP) is 3.31. The smallest absolute Gasteiger partial charge is 0.261 e. The van der Waals surface area contributed by atoms with Gasteiger partial charge in [0.1, 0.15) is 12.4 Å². The van der Waals surface area contributed by atoms with Crippen LogP contribution in [0.5, 0.6) is 0 Å². The van der Waals surface area contributed by atoms with Gasteiger partial charge in [-0.1, -0.05) is 35.9 Å². The van der Waals surface area contributed by atoms with Crippen molar-refractivity contribution in [2.45, 2.75) is 20.4 Å². The predicted molar refractivity (Wildman–Crippen MR) is 95.6 cm³/mol. The van der Waals surface area contributed by atoms with E-state index in [1.807, 2.05) is 25.1 Å². The molecule has 122 valence electrons. The fourth-order valence-corrected chi connectivity index (χ4v) is 2.85. The number of para-hydroxylation sites is 2. The molecule has 0 fully saturated rings. The highest BCUT2D eigenvalue weighted by Gasteiger charge is 2.13. The molecule has 3 rings (SSSR count). The van der Waals surface area contributed by atoms with E-state index in [4.69, 9.17) is 11.6 Å². The molecule has 0 saturated heterocycles. The lowest BCUT2D eigenvalue weighted by Crippen LogP contribution is -2.30. The highest BCUT2D eigenvalue weighted by atomic mass is 35.5. The molecule has 0 bridgehead atoms. The Balaban J connectivity index is 1.93. The first-order valence-electron chi connectivity index (χ1n) is 7.48. The van der Waals surface area contributed by atoms with Crippen LogP contribution in [0.1, 0.15) is 11.4 Å². The van der Waals surface area contributed by atoms with Gasteiger partial charge >= 0.3 is 0 Å². The Morgan fingerprint density at radius 2 is 1.92 bits per heavy atom. The summed E-state index contributed by atoms with van der Waals surface area (Å²) in [5, 5.41) is 3.72. The molecule has 0 saturated carbocycles. The van der Waals surface area contributed by atoms with E-state index in [2.05, 4.69) is 10.3 Å². The minimum Gasteiger partial charge on any atom is -0.323 e. The van der Waals surface area contributed by atoms with Crippen LogP contribution in [-0.4, -0.2) is 15.5 Å². The molecule has 1 aromatic heterocycles. The lowest BCUT2D eigenvalue weighted by Gasteiger charge is -2.13. The van der Waals surface area contributed by atoms with Crippen LogP contribution in [0.3, 0.4) is 0 Å². The fraction of sp³-hybridized carbons (Fsp3) is 0.167. The number of anilines is 1. The van der Waals surface area contributed by atoms with Crippen LogP contribution in [0.4, 0.5) is 5.69 Å². The second-order valence-corrected chi connectivity index (χ2v) is 5.95. The molecule has 3 aromatic rings. The van der Waals surface area contributed by atoms with Gasteiger partial charge in [0.15, 0.2) is 0 Å². The number of rotatable bonds is 3. The van der Waals surface area contributed by atoms with E-state index in [1.165, 1.54) is 4.57 Å². The lowest BCUT2D eigenvalue weighted by molar-refractivity contribution is -0.116. The third-order valence-corrected chi connectivity index (χ3v) is 4.16. The second kappa shape index (κ2) is 6.45. The van der Waals surface area contributed by atoms with Crippen LogP contribution in [-0.2, 0) is 11.3 Å². The lowest BCUT2D eigenvalue weighted by atomic mass is 10.2. The fourth-order valence-electron chi connectivity index (χ4n) is 2.58. The van der Waals surface area contributed by atoms with Crippen LogP contribution < -0.4 is 10.9 Å². The second-order valence-electron chi connectivity index (χ2n) is 5.55. The monoisotopic (exact) mass is 341 g/mol. The standard InChI is InChI=1S/C18H16ClN3O2/c1-11-6-5-8-14(19)17(11)21-16(23)10-22-12(2)20-15-9-4-3-7-13(15)18(22)24/h3-9H,10H2,1-2H3,(H,21,23). The van der Waals surface area contributed by atoms with Crippen molar-refractivity contribution in [2.75, 3.05) is 5.32 Å². The third-order valence-electron chi connectivity index (χ3n) is 3.84. The molecule has 0 unspecified atom stereocenters. The number of hydrogen-bond acceptors (Lipinski definition) is 3. The number of aromatic nitrogens is 2. The maximum atomic E-state index is 12.6. The topological polar surface area (TPSA) is 64.0 Å². The van der Waals surface area contributed by atoms with E-state index in [9.17, 15) is 9.59 Å². The maximum Gasteiger partial charge on any atom is 0.261 e. The van der Waals surface area contributed by atoms with Gasteiger partial charge in [0.05, 0.1) is 21.6 Å². The molecule has 1 N–H and O–H groups in total. The number of halogens is 1. The summed E-state index contributed by atoms with van der Waals surface area (Å²) in [5.74, 6) is 0.165. The van der Waals surface area contributed by atoms with Crippen molar-refractivity contribution in [3.8, 4) is 0 Å². The van der Waals surface area contributed by atoms with Crippen molar-refractivity contribution in [3.63, 3.8) is 0 Å². The van der Waals surface area contributed by atoms with E-state index in [1.54, 1.807) is 31.2 Å². The number of aryl methyl sites for hydroxylation is 2. The summed E-state index contributed by atoms with van der Waals surface area (Å²) in [6, 6.07) is 12.5. The van der Waals surface area contributed by atoms with Gasteiger partial charge in [-0.25, -0.2) is 4.98 Å². The van der Waals surface area contributed by atoms with Gasteiger partial charge in [-0.15, -0.1) is 0 Å². The average molecular weight is 342 g/mol. The molecule has 0 aliphatic carbocycles. The normalized spacial score (nSPS) is 10.8. The quantitative estimate of drug-likeness (QED) is 0.795. The number of nitrogens with zero attached hydrogens (tertiary/aromatic N) is 2. The van der Waals surface area contributed by atoms with Crippen LogP contribution in [0.25, 0.3) is 10.9 Å². The SMILES string of the molecule is Cc1cccc(Cl)c1NC(=O)Cn1c(C)nc2ccccc2c1=O. The van der Waals surface area contributed by atoms with Gasteiger partial charge in [0.2, 0.25) is 5.91 Å². The minimum atomic E-state index is -0.325. The molecule has 0 atom stereocenters. The summed E-state index contributed by atoms with van der Waals surface area (Å²) in [7, 11) is 0. The van der Waals surface area contributed by atoms with E-state index < -0.39 is 0 Å². The summed E-state index contributed by atoms with van der Waals surface area (Å²) >= 11 is 6.12. The summed E-state index contributed by atoms with van der Waals surface area (Å²) in [4.78, 5) is 29.3. The Morgan fingerprint density at radius 3 is 2.67 bits per heavy atom. The van der Waals surface area contributed by atoms with E-state index in [-0.39, 0.29) is 18.0 Å². The summed E-state index contributed by atoms with van der Waals surface area (Å²) in [6.07, 6.45) is 0. The molecule has 24 heavy (non-hydrogen) atoms. The Kier molecular flexibility index (Phi) is 4.36. The Hall–Kier alpha value is -2.66. The van der Waals surface area contributed by atoms with Gasteiger partial charge in [0.25, 0.3) is 5.56 Å². The molecule has 6 heteroatoms. The number of carbonyl (C=O) groups excluding carboxylic acids is 1. The van der Waals surface area contributed by atoms with Crippen LogP contribution in [0.2, 0.25) is 5.02 Å². The van der Waals surface area contributed by atoms with Crippen molar-refractivity contribution >= 4 is 34.1 Å². The summed E-state index contributed by atoms with van der Waals surface area (Å²) in [6.45, 7) is 3.45. The zero-order valence-electron chi connectivity index (χ0n) is 13.3. The van der Waals surface area contributed by atoms with Gasteiger partial charge < -0.3 is 5.32 Å². The Labute approximate surface area is 143 Å². The molecule has 1 amide bonds. The van der Waals surface area contributed by atoms with Gasteiger partial charge in [-0.05, 0) is 37.6 Å². The molecular formula is C18H16ClN3O2. The first-order valence-corrected chi connectivity index (χ1v) is 7.86. The summed E-state index contributed by atoms with van der Waals surface area (Å²) in [5.41, 5.74) is 1.81. The maximum absolute atomic E-state index is 12.6. The van der Waals surface area contributed by atoms with Gasteiger partial charge in [-0.3, -0.25) is 14.2 Å². The first-order chi connectivity index (χ1) is 11.5. The number of carbonyl (C=O) groups is 1. The number of nitrogens with one attached hydrogen (secondary N) is 1. The number of benzene rings is 2. The van der Waals surface area contributed by atoms with Crippen LogP contribution >= 0.6 is 11.6 Å². The van der Waals surface area contributed by atoms with E-state index in [0.29, 0.717) is 27.4 Å². The highest BCUT2D eigenvalue weighted by molar-refractivity contribution is 6.33. The Bertz CT molecular complexity index is 975. The molecule has 0 aliphatic rings. The van der Waals surface area contributed by atoms with Gasteiger partial charge in [-0.2, -0.15) is 0 Å². The highest BCUT2D eigenvalue weighted by Crippen LogP contribution is 2.25. The zero-order chi connectivity index (χ0) is 17.3. The molecule has 0 aliphatic heterocycles. The van der Waals surface area contributed by atoms with Crippen molar-refractivity contribution in [3.05, 3.63) is 69.2 Å². The van der Waals surface area contributed by atoms with Crippen molar-refractivity contribution < 1.29 is 4.79 Å². The molecule has 1 heterocycles. The molecule has 5 nitrogen and oxygen atoms in total. The Morgan fingerprint density at radius 1 is 1.17 bits per heavy atom. The van der Waals surface area contributed by atoms with E-state index >= 15 is 0 Å². The molecule has 0 spiro atoms. The van der Waals surface area contributed by atoms with Crippen LogP contribution in [0, 0.1) is 13.8 Å². The molecule has 2 aromatic carbocycles. The van der Waals surface area contributed by atoms with Gasteiger partial charge in [0, 0.05) is 0 Å². The van der Waals surface area contributed by atoms with Crippen LogP contribution in [0.15, 0.2) is 47.3 Å². The van der Waals surface area contributed by atoms with Crippen molar-refractivity contribution in [1.29, 1.82) is 0 Å². The first kappa shape index (κ1) is 16.2. The molecule has 0 radical (unpaired) electrons.